The van der Waals surface area contributed by atoms with E-state index >= 15 is 0 Å². The van der Waals surface area contributed by atoms with E-state index in [-0.39, 0.29) is 0 Å². The molecule has 78 valence electrons. The Morgan fingerprint density at radius 3 is 2.43 bits per heavy atom. The number of anilines is 1. The van der Waals surface area contributed by atoms with E-state index < -0.39 is 0 Å². The molecule has 0 fully saturated rings. The Hall–Kier alpha value is -1.38. The Balaban J connectivity index is 0.000000461. The highest BCUT2D eigenvalue weighted by Crippen LogP contribution is 2.30. The van der Waals surface area contributed by atoms with Crippen molar-refractivity contribution < 1.29 is 9.47 Å². The molecule has 3 nitrogen and oxygen atoms in total. The summed E-state index contributed by atoms with van der Waals surface area (Å²) >= 11 is 0. The zero-order chi connectivity index (χ0) is 10.4. The normalized spacial score (nSPS) is 13.6. The van der Waals surface area contributed by atoms with Gasteiger partial charge in [-0.15, -0.1) is 0 Å². The summed E-state index contributed by atoms with van der Waals surface area (Å²) < 4.78 is 10.8. The van der Waals surface area contributed by atoms with Crippen molar-refractivity contribution >= 4 is 5.69 Å². The zero-order valence-corrected chi connectivity index (χ0v) is 8.75. The lowest BCUT2D eigenvalue weighted by atomic mass is 10.3. The highest BCUT2D eigenvalue weighted by atomic mass is 16.5. The summed E-state index contributed by atoms with van der Waals surface area (Å²) in [6, 6.07) is 5.45. The average molecular weight is 195 g/mol. The molecule has 0 saturated heterocycles. The summed E-state index contributed by atoms with van der Waals surface area (Å²) in [4.78, 5) is 0. The number of rotatable bonds is 0. The Labute approximate surface area is 84.8 Å². The second-order valence-corrected chi connectivity index (χ2v) is 2.76. The smallest absolute Gasteiger partial charge is 0.163 e. The zero-order valence-electron chi connectivity index (χ0n) is 8.75. The molecule has 0 aliphatic carbocycles. The van der Waals surface area contributed by atoms with Crippen molar-refractivity contribution in [3.8, 4) is 11.5 Å². The fourth-order valence-electron chi connectivity index (χ4n) is 1.18. The van der Waals surface area contributed by atoms with Crippen LogP contribution in [0.25, 0.3) is 0 Å². The molecular formula is C11H17NO2. The third-order valence-electron chi connectivity index (χ3n) is 1.77. The highest BCUT2D eigenvalue weighted by Gasteiger charge is 2.08. The van der Waals surface area contributed by atoms with Crippen LogP contribution in [-0.4, -0.2) is 13.2 Å². The van der Waals surface area contributed by atoms with E-state index in [1.807, 2.05) is 26.0 Å². The molecule has 0 spiro atoms. The molecule has 2 rings (SSSR count). The summed E-state index contributed by atoms with van der Waals surface area (Å²) in [7, 11) is 0. The van der Waals surface area contributed by atoms with Gasteiger partial charge in [0, 0.05) is 18.2 Å². The lowest BCUT2D eigenvalue weighted by Crippen LogP contribution is -1.97. The minimum absolute atomic E-state index is 0.705. The maximum absolute atomic E-state index is 5.60. The van der Waals surface area contributed by atoms with Crippen molar-refractivity contribution in [2.75, 3.05) is 18.9 Å². The van der Waals surface area contributed by atoms with Crippen LogP contribution >= 0.6 is 0 Å². The first kappa shape index (κ1) is 10.7. The van der Waals surface area contributed by atoms with Crippen LogP contribution < -0.4 is 15.2 Å². The maximum atomic E-state index is 5.60. The van der Waals surface area contributed by atoms with Gasteiger partial charge in [0.15, 0.2) is 11.5 Å². The van der Waals surface area contributed by atoms with Crippen molar-refractivity contribution in [1.29, 1.82) is 0 Å². The van der Waals surface area contributed by atoms with Gasteiger partial charge in [-0.25, -0.2) is 0 Å². The third-order valence-corrected chi connectivity index (χ3v) is 1.77. The first-order valence-corrected chi connectivity index (χ1v) is 5.01. The minimum Gasteiger partial charge on any atom is -0.490 e. The van der Waals surface area contributed by atoms with E-state index in [9.17, 15) is 0 Å². The number of hydrogen-bond acceptors (Lipinski definition) is 3. The van der Waals surface area contributed by atoms with Crippen LogP contribution in [0, 0.1) is 0 Å². The molecule has 1 aliphatic heterocycles. The van der Waals surface area contributed by atoms with Crippen LogP contribution in [0.4, 0.5) is 5.69 Å². The Kier molecular flexibility index (Phi) is 4.11. The van der Waals surface area contributed by atoms with Crippen LogP contribution in [0.15, 0.2) is 18.2 Å². The number of nitrogens with two attached hydrogens (primary N) is 1. The summed E-state index contributed by atoms with van der Waals surface area (Å²) in [6.07, 6.45) is 0.925. The molecule has 14 heavy (non-hydrogen) atoms. The molecule has 3 heteroatoms. The van der Waals surface area contributed by atoms with Gasteiger partial charge in [0.25, 0.3) is 0 Å². The molecular weight excluding hydrogens is 178 g/mol. The van der Waals surface area contributed by atoms with Gasteiger partial charge in [-0.1, -0.05) is 13.8 Å². The Morgan fingerprint density at radius 2 is 1.71 bits per heavy atom. The first-order chi connectivity index (χ1) is 6.86. The van der Waals surface area contributed by atoms with Gasteiger partial charge in [0.2, 0.25) is 0 Å². The van der Waals surface area contributed by atoms with Crippen LogP contribution in [0.5, 0.6) is 11.5 Å². The van der Waals surface area contributed by atoms with Gasteiger partial charge in [-0.3, -0.25) is 0 Å². The fraction of sp³-hybridized carbons (Fsp3) is 0.455. The van der Waals surface area contributed by atoms with Crippen LogP contribution in [0.3, 0.4) is 0 Å². The molecule has 0 radical (unpaired) electrons. The van der Waals surface area contributed by atoms with E-state index in [4.69, 9.17) is 15.2 Å². The predicted molar refractivity (Wildman–Crippen MR) is 57.8 cm³/mol. The summed E-state index contributed by atoms with van der Waals surface area (Å²) in [5.41, 5.74) is 6.30. The van der Waals surface area contributed by atoms with Crippen molar-refractivity contribution in [2.45, 2.75) is 20.3 Å². The van der Waals surface area contributed by atoms with E-state index in [0.717, 1.165) is 24.5 Å². The molecule has 1 heterocycles. The number of ether oxygens (including phenoxy) is 2. The van der Waals surface area contributed by atoms with Crippen LogP contribution in [-0.2, 0) is 0 Å². The summed E-state index contributed by atoms with van der Waals surface area (Å²) in [5.74, 6) is 1.55. The monoisotopic (exact) mass is 195 g/mol. The standard InChI is InChI=1S/C9H11NO2.C2H6/c10-7-2-3-8-9(6-7)12-5-1-4-11-8;1-2/h2-3,6H,1,4-5,10H2;1-2H3. The lowest BCUT2D eigenvalue weighted by Gasteiger charge is -2.06. The van der Waals surface area contributed by atoms with Gasteiger partial charge >= 0.3 is 0 Å². The lowest BCUT2D eigenvalue weighted by molar-refractivity contribution is 0.297. The van der Waals surface area contributed by atoms with Gasteiger partial charge in [-0.05, 0) is 12.1 Å². The minimum atomic E-state index is 0.705. The molecule has 0 saturated carbocycles. The molecule has 1 aliphatic rings. The van der Waals surface area contributed by atoms with Crippen molar-refractivity contribution in [1.82, 2.24) is 0 Å². The summed E-state index contributed by atoms with van der Waals surface area (Å²) in [5, 5.41) is 0. The van der Waals surface area contributed by atoms with E-state index in [1.54, 1.807) is 6.07 Å². The second-order valence-electron chi connectivity index (χ2n) is 2.76. The summed E-state index contributed by atoms with van der Waals surface area (Å²) in [6.45, 7) is 5.42. The number of nitrogen functional groups attached to an aromatic ring is 1. The molecule has 1 aromatic rings. The largest absolute Gasteiger partial charge is 0.490 e. The Bertz CT molecular complexity index is 287. The number of hydrogen-bond donors (Lipinski definition) is 1. The van der Waals surface area contributed by atoms with Gasteiger partial charge in [0.1, 0.15) is 0 Å². The molecule has 0 bridgehead atoms. The maximum Gasteiger partial charge on any atom is 0.163 e. The second kappa shape index (κ2) is 5.37. The van der Waals surface area contributed by atoms with Crippen molar-refractivity contribution in [3.05, 3.63) is 18.2 Å². The van der Waals surface area contributed by atoms with Gasteiger partial charge < -0.3 is 15.2 Å². The topological polar surface area (TPSA) is 44.5 Å². The van der Waals surface area contributed by atoms with Crippen molar-refractivity contribution in [3.63, 3.8) is 0 Å². The molecule has 1 aromatic carbocycles. The van der Waals surface area contributed by atoms with E-state index in [0.29, 0.717) is 12.3 Å². The average Bonchev–Trinajstić information content (AvgIpc) is 2.45. The number of fused-ring (bicyclic) bond motifs is 1. The fourth-order valence-corrected chi connectivity index (χ4v) is 1.18. The molecule has 0 unspecified atom stereocenters. The van der Waals surface area contributed by atoms with E-state index in [2.05, 4.69) is 0 Å². The third kappa shape index (κ3) is 2.55. The van der Waals surface area contributed by atoms with Crippen LogP contribution in [0.1, 0.15) is 20.3 Å². The highest BCUT2D eigenvalue weighted by molar-refractivity contribution is 5.52. The van der Waals surface area contributed by atoms with Gasteiger partial charge in [-0.2, -0.15) is 0 Å². The van der Waals surface area contributed by atoms with E-state index in [1.165, 1.54) is 0 Å². The molecule has 2 N–H and O–H groups in total. The Morgan fingerprint density at radius 1 is 1.07 bits per heavy atom. The number of benzene rings is 1. The molecule has 0 atom stereocenters. The quantitative estimate of drug-likeness (QED) is 0.647. The van der Waals surface area contributed by atoms with Crippen LogP contribution in [0.2, 0.25) is 0 Å². The van der Waals surface area contributed by atoms with Crippen molar-refractivity contribution in [2.24, 2.45) is 0 Å². The predicted octanol–water partition coefficient (Wildman–Crippen LogP) is 2.46. The molecule has 0 aromatic heterocycles. The SMILES string of the molecule is CC.Nc1ccc2c(c1)OCCCO2. The first-order valence-electron chi connectivity index (χ1n) is 5.01. The molecule has 0 amide bonds. The van der Waals surface area contributed by atoms with Gasteiger partial charge in [0.05, 0.1) is 13.2 Å².